The molecule has 0 radical (unpaired) electrons. The van der Waals surface area contributed by atoms with Crippen molar-refractivity contribution in [2.75, 3.05) is 13.1 Å². The quantitative estimate of drug-likeness (QED) is 0.884. The second-order valence-electron chi connectivity index (χ2n) is 6.82. The molecule has 1 fully saturated rings. The summed E-state index contributed by atoms with van der Waals surface area (Å²) in [5, 5.41) is 9.63. The molecule has 1 aromatic carbocycles. The molecular weight excluding hydrogens is 349 g/mol. The summed E-state index contributed by atoms with van der Waals surface area (Å²) in [5.74, 6) is -1.98. The third kappa shape index (κ3) is 3.15. The molecule has 0 spiro atoms. The first-order valence-corrected chi connectivity index (χ1v) is 8.28. The van der Waals surface area contributed by atoms with Crippen LogP contribution in [0, 0.1) is 11.8 Å². The molecule has 1 saturated heterocycles. The highest BCUT2D eigenvalue weighted by Crippen LogP contribution is 2.33. The average molecular weight is 368 g/mol. The number of hydrogen-bond donors (Lipinski definition) is 1. The minimum absolute atomic E-state index is 0.0293. The number of carbonyl (C=O) groups is 2. The highest BCUT2D eigenvalue weighted by atomic mass is 19.4. The smallest absolute Gasteiger partial charge is 0.416 e. The zero-order valence-corrected chi connectivity index (χ0v) is 14.4. The van der Waals surface area contributed by atoms with Crippen LogP contribution in [0.15, 0.2) is 24.3 Å². The Morgan fingerprint density at radius 1 is 1.23 bits per heavy atom. The van der Waals surface area contributed by atoms with Crippen LogP contribution in [0.1, 0.15) is 29.4 Å². The van der Waals surface area contributed by atoms with Crippen molar-refractivity contribution in [3.05, 3.63) is 35.5 Å². The SMILES string of the molecule is CC1CCN(C(=O)c2cc3cc(C(F)(F)F)ccc3n2C)CC1C(=O)O. The van der Waals surface area contributed by atoms with Gasteiger partial charge in [0, 0.05) is 31.0 Å². The largest absolute Gasteiger partial charge is 0.481 e. The van der Waals surface area contributed by atoms with Gasteiger partial charge in [-0.15, -0.1) is 0 Å². The molecule has 1 aromatic heterocycles. The van der Waals surface area contributed by atoms with E-state index in [4.69, 9.17) is 0 Å². The van der Waals surface area contributed by atoms with Crippen LogP contribution in [0.3, 0.4) is 0 Å². The maximum Gasteiger partial charge on any atom is 0.416 e. The Morgan fingerprint density at radius 2 is 1.92 bits per heavy atom. The lowest BCUT2D eigenvalue weighted by Gasteiger charge is -2.34. The van der Waals surface area contributed by atoms with Gasteiger partial charge in [0.2, 0.25) is 0 Å². The van der Waals surface area contributed by atoms with Crippen LogP contribution in [0.5, 0.6) is 0 Å². The van der Waals surface area contributed by atoms with E-state index in [0.29, 0.717) is 23.9 Å². The number of carbonyl (C=O) groups excluding carboxylic acids is 1. The number of benzene rings is 1. The number of rotatable bonds is 2. The molecule has 2 unspecified atom stereocenters. The van der Waals surface area contributed by atoms with Gasteiger partial charge in [0.05, 0.1) is 11.5 Å². The van der Waals surface area contributed by atoms with Crippen LogP contribution < -0.4 is 0 Å². The van der Waals surface area contributed by atoms with E-state index in [0.717, 1.165) is 12.1 Å². The van der Waals surface area contributed by atoms with Crippen molar-refractivity contribution in [1.29, 1.82) is 0 Å². The van der Waals surface area contributed by atoms with Gasteiger partial charge in [-0.1, -0.05) is 6.92 Å². The molecule has 2 heterocycles. The molecule has 0 saturated carbocycles. The molecule has 1 amide bonds. The lowest BCUT2D eigenvalue weighted by Crippen LogP contribution is -2.46. The van der Waals surface area contributed by atoms with Crippen molar-refractivity contribution < 1.29 is 27.9 Å². The number of likely N-dealkylation sites (tertiary alicyclic amines) is 1. The Balaban J connectivity index is 1.93. The minimum atomic E-state index is -4.45. The average Bonchev–Trinajstić information content (AvgIpc) is 2.90. The molecule has 1 aliphatic rings. The molecule has 2 aromatic rings. The lowest BCUT2D eigenvalue weighted by molar-refractivity contribution is -0.145. The Morgan fingerprint density at radius 3 is 2.54 bits per heavy atom. The number of piperidine rings is 1. The van der Waals surface area contributed by atoms with E-state index in [1.165, 1.54) is 17.0 Å². The maximum atomic E-state index is 12.9. The van der Waals surface area contributed by atoms with Crippen LogP contribution in [0.25, 0.3) is 10.9 Å². The van der Waals surface area contributed by atoms with E-state index in [1.54, 1.807) is 11.6 Å². The minimum Gasteiger partial charge on any atom is -0.481 e. The first kappa shape index (κ1) is 18.3. The fraction of sp³-hybridized carbons (Fsp3) is 0.444. The number of amides is 1. The van der Waals surface area contributed by atoms with E-state index < -0.39 is 23.6 Å². The summed E-state index contributed by atoms with van der Waals surface area (Å²) < 4.78 is 40.2. The summed E-state index contributed by atoms with van der Waals surface area (Å²) in [6.45, 7) is 2.37. The van der Waals surface area contributed by atoms with Crippen LogP contribution in [-0.4, -0.2) is 39.5 Å². The van der Waals surface area contributed by atoms with Crippen LogP contribution >= 0.6 is 0 Å². The van der Waals surface area contributed by atoms with E-state index in [-0.39, 0.29) is 24.1 Å². The molecule has 140 valence electrons. The first-order valence-electron chi connectivity index (χ1n) is 8.28. The van der Waals surface area contributed by atoms with Gasteiger partial charge in [-0.3, -0.25) is 9.59 Å². The van der Waals surface area contributed by atoms with Crippen LogP contribution in [0.2, 0.25) is 0 Å². The van der Waals surface area contributed by atoms with Crippen molar-refractivity contribution in [2.45, 2.75) is 19.5 Å². The van der Waals surface area contributed by atoms with Crippen LogP contribution in [0.4, 0.5) is 13.2 Å². The number of hydrogen-bond acceptors (Lipinski definition) is 2. The number of carboxylic acids is 1. The Hall–Kier alpha value is -2.51. The second kappa shape index (κ2) is 6.34. The fourth-order valence-electron chi connectivity index (χ4n) is 3.47. The molecule has 0 bridgehead atoms. The Labute approximate surface area is 148 Å². The highest BCUT2D eigenvalue weighted by Gasteiger charge is 2.35. The molecule has 2 atom stereocenters. The van der Waals surface area contributed by atoms with Gasteiger partial charge in [0.25, 0.3) is 5.91 Å². The number of aliphatic carboxylic acids is 1. The summed E-state index contributed by atoms with van der Waals surface area (Å²) in [6, 6.07) is 4.78. The van der Waals surface area contributed by atoms with Crippen molar-refractivity contribution >= 4 is 22.8 Å². The lowest BCUT2D eigenvalue weighted by atomic mass is 9.87. The van der Waals surface area contributed by atoms with Crippen LogP contribution in [-0.2, 0) is 18.0 Å². The number of nitrogens with zero attached hydrogens (tertiary/aromatic N) is 2. The zero-order valence-electron chi connectivity index (χ0n) is 14.4. The topological polar surface area (TPSA) is 62.5 Å². The van der Waals surface area contributed by atoms with Crippen molar-refractivity contribution in [3.63, 3.8) is 0 Å². The summed E-state index contributed by atoms with van der Waals surface area (Å²) in [6.07, 6.45) is -3.88. The van der Waals surface area contributed by atoms with Crippen molar-refractivity contribution in [2.24, 2.45) is 18.9 Å². The number of alkyl halides is 3. The molecule has 1 aliphatic heterocycles. The fourth-order valence-corrected chi connectivity index (χ4v) is 3.47. The van der Waals surface area contributed by atoms with Crippen molar-refractivity contribution in [1.82, 2.24) is 9.47 Å². The predicted molar refractivity (Wildman–Crippen MR) is 88.7 cm³/mol. The van der Waals surface area contributed by atoms with Gasteiger partial charge in [0.1, 0.15) is 5.69 Å². The summed E-state index contributed by atoms with van der Waals surface area (Å²) in [5.41, 5.74) is -0.00753. The van der Waals surface area contributed by atoms with Gasteiger partial charge in [-0.2, -0.15) is 13.2 Å². The molecule has 0 aliphatic carbocycles. The summed E-state index contributed by atoms with van der Waals surface area (Å²) in [4.78, 5) is 25.7. The summed E-state index contributed by atoms with van der Waals surface area (Å²) >= 11 is 0. The summed E-state index contributed by atoms with van der Waals surface area (Å²) in [7, 11) is 1.62. The van der Waals surface area contributed by atoms with Gasteiger partial charge in [-0.25, -0.2) is 0 Å². The standard InChI is InChI=1S/C18H19F3N2O3/c1-10-5-6-23(9-13(10)17(25)26)16(24)15-8-11-7-12(18(19,20)21)3-4-14(11)22(15)2/h3-4,7-8,10,13H,5-6,9H2,1-2H3,(H,25,26). The third-order valence-corrected chi connectivity index (χ3v) is 5.15. The van der Waals surface area contributed by atoms with Crippen molar-refractivity contribution in [3.8, 4) is 0 Å². The number of halogens is 3. The maximum absolute atomic E-state index is 12.9. The number of fused-ring (bicyclic) bond motifs is 1. The van der Waals surface area contributed by atoms with E-state index >= 15 is 0 Å². The van der Waals surface area contributed by atoms with E-state index in [9.17, 15) is 27.9 Å². The molecule has 26 heavy (non-hydrogen) atoms. The Kier molecular flexibility index (Phi) is 4.46. The number of carboxylic acid groups (broad SMARTS) is 1. The molecule has 5 nitrogen and oxygen atoms in total. The first-order chi connectivity index (χ1) is 12.1. The van der Waals surface area contributed by atoms with E-state index in [2.05, 4.69) is 0 Å². The van der Waals surface area contributed by atoms with E-state index in [1.807, 2.05) is 6.92 Å². The van der Waals surface area contributed by atoms with Gasteiger partial charge in [-0.05, 0) is 36.6 Å². The van der Waals surface area contributed by atoms with Gasteiger partial charge >= 0.3 is 12.1 Å². The third-order valence-electron chi connectivity index (χ3n) is 5.15. The van der Waals surface area contributed by atoms with Gasteiger partial charge < -0.3 is 14.6 Å². The molecule has 1 N–H and O–H groups in total. The highest BCUT2D eigenvalue weighted by molar-refractivity contribution is 5.99. The monoisotopic (exact) mass is 368 g/mol. The number of aromatic nitrogens is 1. The predicted octanol–water partition coefficient (Wildman–Crippen LogP) is 3.38. The normalized spacial score (nSPS) is 21.2. The molecule has 8 heteroatoms. The second-order valence-corrected chi connectivity index (χ2v) is 6.82. The molecule has 3 rings (SSSR count). The van der Waals surface area contributed by atoms with Gasteiger partial charge in [0.15, 0.2) is 0 Å². The zero-order chi connectivity index (χ0) is 19.2. The molecular formula is C18H19F3N2O3. The number of aryl methyl sites for hydroxylation is 1. The Bertz CT molecular complexity index is 872.